The molecule has 1 heteroatoms. The summed E-state index contributed by atoms with van der Waals surface area (Å²) in [6.45, 7) is 5.91. The molecule has 0 aromatic heterocycles. The number of benzene rings is 3. The smallest absolute Gasteiger partial charge is 0.0633 e. The molecule has 0 heterocycles. The Kier molecular flexibility index (Phi) is 5.02. The van der Waals surface area contributed by atoms with E-state index < -0.39 is 0 Å². The summed E-state index contributed by atoms with van der Waals surface area (Å²) < 4.78 is 0. The molecule has 0 spiro atoms. The van der Waals surface area contributed by atoms with Gasteiger partial charge in [-0.15, -0.1) is 0 Å². The second-order valence-electron chi connectivity index (χ2n) is 5.88. The maximum atomic E-state index is 4.91. The lowest BCUT2D eigenvalue weighted by atomic mass is 10.0. The molecule has 0 aliphatic heterocycles. The highest BCUT2D eigenvalue weighted by Crippen LogP contribution is 2.18. The van der Waals surface area contributed by atoms with Crippen LogP contribution in [0.4, 0.5) is 5.69 Å². The van der Waals surface area contributed by atoms with E-state index in [1.165, 1.54) is 11.1 Å². The van der Waals surface area contributed by atoms with Crippen molar-refractivity contribution in [1.29, 1.82) is 0 Å². The molecule has 0 N–H and O–H groups in total. The topological polar surface area (TPSA) is 12.4 Å². The monoisotopic (exact) mass is 311 g/mol. The van der Waals surface area contributed by atoms with Crippen LogP contribution in [0.3, 0.4) is 0 Å². The lowest BCUT2D eigenvalue weighted by Gasteiger charge is -2.09. The third-order valence-corrected chi connectivity index (χ3v) is 3.99. The first-order valence-electron chi connectivity index (χ1n) is 8.15. The van der Waals surface area contributed by atoms with Crippen LogP contribution >= 0.6 is 0 Å². The van der Waals surface area contributed by atoms with Gasteiger partial charge in [-0.1, -0.05) is 84.9 Å². The maximum absolute atomic E-state index is 4.91. The molecule has 0 atom stereocenters. The Labute approximate surface area is 144 Å². The van der Waals surface area contributed by atoms with Gasteiger partial charge in [0.25, 0.3) is 0 Å². The molecule has 3 aromatic rings. The normalized spacial score (nSPS) is 11.3. The Morgan fingerprint density at radius 3 is 2.17 bits per heavy atom. The molecule has 0 aliphatic rings. The fourth-order valence-electron chi connectivity index (χ4n) is 2.58. The first-order chi connectivity index (χ1) is 11.7. The Morgan fingerprint density at radius 1 is 0.875 bits per heavy atom. The van der Waals surface area contributed by atoms with Crippen molar-refractivity contribution in [3.63, 3.8) is 0 Å². The highest BCUT2D eigenvalue weighted by atomic mass is 14.7. The van der Waals surface area contributed by atoms with Crippen molar-refractivity contribution in [2.45, 2.75) is 13.3 Å². The molecule has 3 rings (SSSR count). The zero-order valence-corrected chi connectivity index (χ0v) is 13.9. The van der Waals surface area contributed by atoms with Gasteiger partial charge in [0.15, 0.2) is 0 Å². The maximum Gasteiger partial charge on any atom is 0.0633 e. The van der Waals surface area contributed by atoms with E-state index >= 15 is 0 Å². The van der Waals surface area contributed by atoms with Gasteiger partial charge >= 0.3 is 0 Å². The van der Waals surface area contributed by atoms with Gasteiger partial charge in [0, 0.05) is 6.42 Å². The Morgan fingerprint density at radius 2 is 1.54 bits per heavy atom. The molecule has 118 valence electrons. The molecule has 0 fully saturated rings. The van der Waals surface area contributed by atoms with Crippen LogP contribution in [0.25, 0.3) is 6.08 Å². The fraction of sp³-hybridized carbons (Fsp3) is 0.0870. The predicted octanol–water partition coefficient (Wildman–Crippen LogP) is 6.00. The predicted molar refractivity (Wildman–Crippen MR) is 104 cm³/mol. The van der Waals surface area contributed by atoms with Gasteiger partial charge < -0.3 is 0 Å². The van der Waals surface area contributed by atoms with Gasteiger partial charge in [-0.25, -0.2) is 0 Å². The molecule has 0 amide bonds. The van der Waals surface area contributed by atoms with Crippen molar-refractivity contribution in [3.05, 3.63) is 108 Å². The van der Waals surface area contributed by atoms with Crippen LogP contribution in [0, 0.1) is 6.92 Å². The minimum Gasteiger partial charge on any atom is -0.252 e. The third kappa shape index (κ3) is 4.08. The summed E-state index contributed by atoms with van der Waals surface area (Å²) in [5, 5.41) is 0. The van der Waals surface area contributed by atoms with E-state index in [0.717, 1.165) is 28.9 Å². The minimum atomic E-state index is 0.808. The van der Waals surface area contributed by atoms with Crippen LogP contribution < -0.4 is 0 Å². The Hall–Kier alpha value is -2.93. The molecule has 0 bridgehead atoms. The number of aryl methyl sites for hydroxylation is 1. The molecule has 0 saturated carbocycles. The molecule has 0 aliphatic carbocycles. The summed E-state index contributed by atoms with van der Waals surface area (Å²) in [7, 11) is 0. The van der Waals surface area contributed by atoms with Crippen LogP contribution in [-0.2, 0) is 6.42 Å². The van der Waals surface area contributed by atoms with Crippen molar-refractivity contribution in [2.24, 2.45) is 4.99 Å². The quantitative estimate of drug-likeness (QED) is 0.512. The first-order valence-corrected chi connectivity index (χ1v) is 8.15. The van der Waals surface area contributed by atoms with Gasteiger partial charge in [-0.2, -0.15) is 0 Å². The van der Waals surface area contributed by atoms with Crippen LogP contribution in [0.5, 0.6) is 0 Å². The van der Waals surface area contributed by atoms with E-state index in [1.807, 2.05) is 12.1 Å². The lowest BCUT2D eigenvalue weighted by Crippen LogP contribution is -2.05. The number of hydrogen-bond donors (Lipinski definition) is 0. The molecular weight excluding hydrogens is 290 g/mol. The van der Waals surface area contributed by atoms with Gasteiger partial charge in [0.1, 0.15) is 0 Å². The van der Waals surface area contributed by atoms with Gasteiger partial charge in [-0.3, -0.25) is 4.99 Å². The van der Waals surface area contributed by atoms with Crippen molar-refractivity contribution in [2.75, 3.05) is 0 Å². The molecule has 0 radical (unpaired) electrons. The first kappa shape index (κ1) is 15.9. The van der Waals surface area contributed by atoms with Gasteiger partial charge in [-0.05, 0) is 35.7 Å². The highest BCUT2D eigenvalue weighted by Gasteiger charge is 2.06. The van der Waals surface area contributed by atoms with Crippen LogP contribution in [0.2, 0.25) is 0 Å². The van der Waals surface area contributed by atoms with E-state index in [9.17, 15) is 0 Å². The average molecular weight is 311 g/mol. The summed E-state index contributed by atoms with van der Waals surface area (Å²) in [6, 6.07) is 27.2. The minimum absolute atomic E-state index is 0.808. The summed E-state index contributed by atoms with van der Waals surface area (Å²) >= 11 is 0. The second kappa shape index (κ2) is 7.56. The van der Waals surface area contributed by atoms with E-state index in [4.69, 9.17) is 4.99 Å². The zero-order chi connectivity index (χ0) is 16.8. The number of nitrogens with zero attached hydrogens (tertiary/aromatic N) is 1. The van der Waals surface area contributed by atoms with Crippen LogP contribution in [-0.4, -0.2) is 5.71 Å². The summed E-state index contributed by atoms with van der Waals surface area (Å²) in [5.74, 6) is 0. The fourth-order valence-corrected chi connectivity index (χ4v) is 2.58. The van der Waals surface area contributed by atoms with E-state index in [1.54, 1.807) is 0 Å². The van der Waals surface area contributed by atoms with Crippen LogP contribution in [0.1, 0.15) is 22.3 Å². The average Bonchev–Trinajstić information content (AvgIpc) is 2.64. The number of hydrogen-bond acceptors (Lipinski definition) is 1. The number of rotatable bonds is 5. The van der Waals surface area contributed by atoms with Gasteiger partial charge in [0.05, 0.1) is 11.4 Å². The van der Waals surface area contributed by atoms with E-state index in [2.05, 4.69) is 86.3 Å². The number of aliphatic imine (C=N–C) groups is 1. The van der Waals surface area contributed by atoms with Crippen molar-refractivity contribution in [3.8, 4) is 0 Å². The van der Waals surface area contributed by atoms with E-state index in [0.29, 0.717) is 0 Å². The molecule has 0 unspecified atom stereocenters. The van der Waals surface area contributed by atoms with Crippen LogP contribution in [0.15, 0.2) is 90.4 Å². The van der Waals surface area contributed by atoms with Gasteiger partial charge in [0.2, 0.25) is 0 Å². The Balaban J connectivity index is 1.98. The largest absolute Gasteiger partial charge is 0.252 e. The summed E-state index contributed by atoms with van der Waals surface area (Å²) in [6.07, 6.45) is 2.67. The van der Waals surface area contributed by atoms with Crippen molar-refractivity contribution < 1.29 is 0 Å². The standard InChI is InChI=1S/C23H21N/c1-3-19-11-13-21(14-12-19)23(17-20-7-5-4-6-8-20)24-22-15-9-18(2)10-16-22/h3-16H,1,17H2,2H3. The molecule has 24 heavy (non-hydrogen) atoms. The summed E-state index contributed by atoms with van der Waals surface area (Å²) in [4.78, 5) is 4.91. The second-order valence-corrected chi connectivity index (χ2v) is 5.88. The SMILES string of the molecule is C=Cc1ccc(C(Cc2ccccc2)=Nc2ccc(C)cc2)cc1. The third-order valence-electron chi connectivity index (χ3n) is 3.99. The summed E-state index contributed by atoms with van der Waals surface area (Å²) in [5.41, 5.74) is 6.82. The molecule has 1 nitrogen and oxygen atoms in total. The highest BCUT2D eigenvalue weighted by molar-refractivity contribution is 6.03. The van der Waals surface area contributed by atoms with Crippen molar-refractivity contribution >= 4 is 17.5 Å². The molecular formula is C23H21N. The zero-order valence-electron chi connectivity index (χ0n) is 13.9. The Bertz CT molecular complexity index is 825. The lowest BCUT2D eigenvalue weighted by molar-refractivity contribution is 1.29. The molecule has 3 aromatic carbocycles. The van der Waals surface area contributed by atoms with Crippen molar-refractivity contribution in [1.82, 2.24) is 0 Å². The van der Waals surface area contributed by atoms with E-state index in [-0.39, 0.29) is 0 Å². The molecule has 0 saturated heterocycles.